The van der Waals surface area contributed by atoms with Gasteiger partial charge in [-0.3, -0.25) is 0 Å². The summed E-state index contributed by atoms with van der Waals surface area (Å²) in [6.45, 7) is 1.93. The fourth-order valence-electron chi connectivity index (χ4n) is 0.700. The molecule has 0 saturated carbocycles. The molecular formula is C7H7N3O2. The third-order valence-electron chi connectivity index (χ3n) is 1.27. The lowest BCUT2D eigenvalue weighted by Crippen LogP contribution is -1.80. The van der Waals surface area contributed by atoms with Crippen LogP contribution in [0.2, 0.25) is 0 Å². The molecular weight excluding hydrogens is 158 g/mol. The first-order valence-corrected chi connectivity index (χ1v) is 3.31. The molecule has 0 bridgehead atoms. The summed E-state index contributed by atoms with van der Waals surface area (Å²) in [5, 5.41) is 15.1. The summed E-state index contributed by atoms with van der Waals surface area (Å²) in [5.41, 5.74) is 1.56. The minimum Gasteiger partial charge on any atom is -0.337 e. The van der Waals surface area contributed by atoms with Crippen LogP contribution in [0.25, 0.3) is 0 Å². The normalized spacial score (nSPS) is 10.4. The van der Waals surface area contributed by atoms with Crippen molar-refractivity contribution in [2.24, 2.45) is 10.3 Å². The van der Waals surface area contributed by atoms with Crippen molar-refractivity contribution < 1.29 is 5.03 Å². The Morgan fingerprint density at radius 3 is 2.42 bits per heavy atom. The Labute approximate surface area is 68.9 Å². The molecule has 0 spiro atoms. The Hall–Kier alpha value is -1.78. The van der Waals surface area contributed by atoms with Gasteiger partial charge in [0.1, 0.15) is 0 Å². The molecule has 1 aromatic carbocycles. The molecule has 5 heteroatoms. The number of nitrogens with zero attached hydrogens (tertiary/aromatic N) is 3. The highest BCUT2D eigenvalue weighted by Gasteiger charge is 1.95. The zero-order chi connectivity index (χ0) is 8.97. The monoisotopic (exact) mass is 165 g/mol. The molecule has 12 heavy (non-hydrogen) atoms. The minimum atomic E-state index is -0.833. The summed E-state index contributed by atoms with van der Waals surface area (Å²) >= 11 is 0. The summed E-state index contributed by atoms with van der Waals surface area (Å²) in [4.78, 5) is 9.78. The van der Waals surface area contributed by atoms with Crippen LogP contribution in [0.15, 0.2) is 34.6 Å². The highest BCUT2D eigenvalue weighted by atomic mass is 16.7. The topological polar surface area (TPSA) is 67.9 Å². The van der Waals surface area contributed by atoms with E-state index in [0.29, 0.717) is 5.69 Å². The van der Waals surface area contributed by atoms with E-state index in [1.807, 2.05) is 19.1 Å². The van der Waals surface area contributed by atoms with E-state index in [9.17, 15) is 10.1 Å². The van der Waals surface area contributed by atoms with Crippen molar-refractivity contribution in [2.45, 2.75) is 6.92 Å². The molecule has 0 aliphatic rings. The second-order valence-electron chi connectivity index (χ2n) is 2.26. The standard InChI is InChI=1S/C7H7N3O2/c1-6-2-4-7(5-3-6)8-9-10(11)12/h2-5H,1H3/b9-8-. The molecule has 5 nitrogen and oxygen atoms in total. The number of benzene rings is 1. The van der Waals surface area contributed by atoms with Gasteiger partial charge >= 0.3 is 0 Å². The fraction of sp³-hybridized carbons (Fsp3) is 0.143. The zero-order valence-electron chi connectivity index (χ0n) is 6.47. The van der Waals surface area contributed by atoms with Gasteiger partial charge in [0.2, 0.25) is 5.69 Å². The van der Waals surface area contributed by atoms with Crippen molar-refractivity contribution in [2.75, 3.05) is 0 Å². The molecule has 62 valence electrons. The van der Waals surface area contributed by atoms with E-state index in [2.05, 4.69) is 10.3 Å². The van der Waals surface area contributed by atoms with Crippen LogP contribution in [-0.4, -0.2) is 5.03 Å². The number of nitro groups is 1. The first-order chi connectivity index (χ1) is 5.68. The third-order valence-corrected chi connectivity index (χ3v) is 1.27. The predicted molar refractivity (Wildman–Crippen MR) is 42.7 cm³/mol. The Balaban J connectivity index is 2.77. The van der Waals surface area contributed by atoms with E-state index in [0.717, 1.165) is 5.56 Å². The zero-order valence-corrected chi connectivity index (χ0v) is 6.47. The largest absolute Gasteiger partial charge is 0.337 e. The average Bonchev–Trinajstić information content (AvgIpc) is 2.03. The number of aryl methyl sites for hydroxylation is 1. The van der Waals surface area contributed by atoms with Crippen molar-refractivity contribution in [1.82, 2.24) is 0 Å². The van der Waals surface area contributed by atoms with Crippen molar-refractivity contribution >= 4 is 5.69 Å². The maximum Gasteiger partial charge on any atom is 0.203 e. The van der Waals surface area contributed by atoms with Gasteiger partial charge in [-0.05, 0) is 19.1 Å². The van der Waals surface area contributed by atoms with E-state index < -0.39 is 5.03 Å². The molecule has 0 saturated heterocycles. The van der Waals surface area contributed by atoms with Gasteiger partial charge in [-0.2, -0.15) is 0 Å². The smallest absolute Gasteiger partial charge is 0.203 e. The number of hydrogen-bond acceptors (Lipinski definition) is 3. The van der Waals surface area contributed by atoms with Crippen LogP contribution in [0, 0.1) is 17.0 Å². The lowest BCUT2D eigenvalue weighted by atomic mass is 10.2. The predicted octanol–water partition coefficient (Wildman–Crippen LogP) is 2.27. The van der Waals surface area contributed by atoms with Gasteiger partial charge in [0, 0.05) is 0 Å². The minimum absolute atomic E-state index is 0.484. The van der Waals surface area contributed by atoms with Gasteiger partial charge in [-0.1, -0.05) is 17.7 Å². The van der Waals surface area contributed by atoms with E-state index >= 15 is 0 Å². The lowest BCUT2D eigenvalue weighted by Gasteiger charge is -1.86. The molecule has 1 rings (SSSR count). The molecule has 0 atom stereocenters. The van der Waals surface area contributed by atoms with Crippen LogP contribution in [-0.2, 0) is 0 Å². The van der Waals surface area contributed by atoms with Crippen molar-refractivity contribution in [1.29, 1.82) is 0 Å². The molecule has 0 radical (unpaired) electrons. The Morgan fingerprint density at radius 1 is 1.33 bits per heavy atom. The first kappa shape index (κ1) is 8.32. The highest BCUT2D eigenvalue weighted by molar-refractivity contribution is 5.37. The van der Waals surface area contributed by atoms with E-state index in [1.165, 1.54) is 0 Å². The molecule has 0 amide bonds. The van der Waals surface area contributed by atoms with E-state index in [4.69, 9.17) is 0 Å². The summed E-state index contributed by atoms with van der Waals surface area (Å²) in [7, 11) is 0. The quantitative estimate of drug-likeness (QED) is 0.383. The van der Waals surface area contributed by atoms with Crippen LogP contribution in [0.5, 0.6) is 0 Å². The van der Waals surface area contributed by atoms with Crippen LogP contribution in [0.1, 0.15) is 5.56 Å². The van der Waals surface area contributed by atoms with Crippen LogP contribution < -0.4 is 0 Å². The van der Waals surface area contributed by atoms with Gasteiger partial charge in [0.15, 0.2) is 5.22 Å². The highest BCUT2D eigenvalue weighted by Crippen LogP contribution is 2.12. The van der Waals surface area contributed by atoms with Gasteiger partial charge in [-0.25, -0.2) is 0 Å². The first-order valence-electron chi connectivity index (χ1n) is 3.31. The molecule has 0 unspecified atom stereocenters. The van der Waals surface area contributed by atoms with Gasteiger partial charge in [-0.15, -0.1) is 0 Å². The molecule has 1 aromatic rings. The SMILES string of the molecule is Cc1ccc(/N=N\[N+](=O)[O-])cc1. The third kappa shape index (κ3) is 2.45. The van der Waals surface area contributed by atoms with Crippen LogP contribution >= 0.6 is 0 Å². The molecule has 0 aliphatic carbocycles. The summed E-state index contributed by atoms with van der Waals surface area (Å²) < 4.78 is 0. The van der Waals surface area contributed by atoms with Crippen molar-refractivity contribution in [3.05, 3.63) is 39.9 Å². The van der Waals surface area contributed by atoms with Crippen LogP contribution in [0.3, 0.4) is 0 Å². The van der Waals surface area contributed by atoms with Gasteiger partial charge in [0.25, 0.3) is 0 Å². The molecule has 0 aliphatic heterocycles. The van der Waals surface area contributed by atoms with Crippen molar-refractivity contribution in [3.8, 4) is 0 Å². The Kier molecular flexibility index (Phi) is 2.47. The van der Waals surface area contributed by atoms with Crippen LogP contribution in [0.4, 0.5) is 5.69 Å². The summed E-state index contributed by atoms with van der Waals surface area (Å²) in [6.07, 6.45) is 0. The summed E-state index contributed by atoms with van der Waals surface area (Å²) in [5.74, 6) is 0. The number of hydrogen-bond donors (Lipinski definition) is 0. The fourth-order valence-corrected chi connectivity index (χ4v) is 0.700. The second-order valence-corrected chi connectivity index (χ2v) is 2.26. The Morgan fingerprint density at radius 2 is 1.92 bits per heavy atom. The van der Waals surface area contributed by atoms with E-state index in [-0.39, 0.29) is 0 Å². The Bertz CT molecular complexity index is 305. The second kappa shape index (κ2) is 3.56. The van der Waals surface area contributed by atoms with Crippen molar-refractivity contribution in [3.63, 3.8) is 0 Å². The number of rotatable bonds is 2. The maximum atomic E-state index is 9.78. The molecule has 0 heterocycles. The maximum absolute atomic E-state index is 9.78. The molecule has 0 fully saturated rings. The molecule has 0 aromatic heterocycles. The van der Waals surface area contributed by atoms with E-state index in [1.54, 1.807) is 12.1 Å². The summed E-state index contributed by atoms with van der Waals surface area (Å²) in [6, 6.07) is 6.97. The molecule has 0 N–H and O–H groups in total. The average molecular weight is 165 g/mol. The lowest BCUT2D eigenvalue weighted by molar-refractivity contribution is -0.493. The van der Waals surface area contributed by atoms with Gasteiger partial charge in [0.05, 0.1) is 10.1 Å². The van der Waals surface area contributed by atoms with Gasteiger partial charge < -0.3 is 10.1 Å².